The van der Waals surface area contributed by atoms with E-state index in [2.05, 4.69) is 11.9 Å². The average molecular weight is 403 g/mol. The summed E-state index contributed by atoms with van der Waals surface area (Å²) in [6.07, 6.45) is 2.93. The summed E-state index contributed by atoms with van der Waals surface area (Å²) in [6.45, 7) is 4.51. The third-order valence-electron chi connectivity index (χ3n) is 4.34. The van der Waals surface area contributed by atoms with E-state index in [1.807, 2.05) is 37.3 Å². The van der Waals surface area contributed by atoms with E-state index >= 15 is 0 Å². The number of fused-ring (bicyclic) bond motifs is 1. The van der Waals surface area contributed by atoms with E-state index in [0.717, 1.165) is 12.0 Å². The maximum Gasteiger partial charge on any atom is 0.262 e. The van der Waals surface area contributed by atoms with Crippen LogP contribution >= 0.6 is 23.4 Å². The fourth-order valence-electron chi connectivity index (χ4n) is 2.56. The maximum absolute atomic E-state index is 13.6. The lowest BCUT2D eigenvalue weighted by Crippen LogP contribution is -2.23. The zero-order valence-electron chi connectivity index (χ0n) is 15.2. The summed E-state index contributed by atoms with van der Waals surface area (Å²) < 4.78 is 15.2. The monoisotopic (exact) mass is 402 g/mol. The third-order valence-corrected chi connectivity index (χ3v) is 5.64. The van der Waals surface area contributed by atoms with Gasteiger partial charge in [-0.2, -0.15) is 0 Å². The van der Waals surface area contributed by atoms with Gasteiger partial charge in [-0.3, -0.25) is 9.36 Å². The van der Waals surface area contributed by atoms with E-state index < -0.39 is 5.82 Å². The van der Waals surface area contributed by atoms with Crippen molar-refractivity contribution in [3.8, 4) is 0 Å². The van der Waals surface area contributed by atoms with E-state index in [0.29, 0.717) is 33.4 Å². The van der Waals surface area contributed by atoms with Gasteiger partial charge in [-0.15, -0.1) is 0 Å². The first-order valence-corrected chi connectivity index (χ1v) is 10.1. The van der Waals surface area contributed by atoms with Crippen molar-refractivity contribution in [3.05, 3.63) is 80.9 Å². The predicted octanol–water partition coefficient (Wildman–Crippen LogP) is 5.84. The molecule has 0 fully saturated rings. The summed E-state index contributed by atoms with van der Waals surface area (Å²) in [4.78, 5) is 17.6. The molecule has 0 saturated heterocycles. The van der Waals surface area contributed by atoms with Crippen molar-refractivity contribution in [1.82, 2.24) is 9.55 Å². The zero-order valence-corrected chi connectivity index (χ0v) is 16.8. The zero-order chi connectivity index (χ0) is 19.4. The number of benzene rings is 2. The van der Waals surface area contributed by atoms with Crippen molar-refractivity contribution in [3.63, 3.8) is 0 Å². The molecule has 0 radical (unpaired) electrons. The summed E-state index contributed by atoms with van der Waals surface area (Å²) in [6, 6.07) is 11.7. The van der Waals surface area contributed by atoms with Gasteiger partial charge in [0.2, 0.25) is 0 Å². The number of aromatic nitrogens is 2. The smallest absolute Gasteiger partial charge is 0.262 e. The molecule has 0 aliphatic heterocycles. The molecule has 3 aromatic rings. The van der Waals surface area contributed by atoms with Crippen LogP contribution in [0.3, 0.4) is 0 Å². The first kappa shape index (κ1) is 19.6. The standard InChI is InChI=1S/C21H20ClFN2OS/c1-3-14(2)10-11-25-20(26)18-12-17(23)8-9-19(18)24-21(25)27-13-15-4-6-16(22)7-5-15/h4-10,12H,3,11,13H2,1-2H3/b14-10-. The predicted molar refractivity (Wildman–Crippen MR) is 111 cm³/mol. The Hall–Kier alpha value is -2.11. The summed E-state index contributed by atoms with van der Waals surface area (Å²) in [5.74, 6) is 0.224. The maximum atomic E-state index is 13.6. The van der Waals surface area contributed by atoms with E-state index in [9.17, 15) is 9.18 Å². The van der Waals surface area contributed by atoms with Crippen LogP contribution in [-0.4, -0.2) is 9.55 Å². The van der Waals surface area contributed by atoms with Gasteiger partial charge in [-0.25, -0.2) is 9.37 Å². The van der Waals surface area contributed by atoms with Crippen LogP contribution in [-0.2, 0) is 12.3 Å². The second-order valence-electron chi connectivity index (χ2n) is 6.29. The molecule has 2 aromatic carbocycles. The number of hydrogen-bond donors (Lipinski definition) is 0. The highest BCUT2D eigenvalue weighted by atomic mass is 35.5. The molecule has 0 amide bonds. The normalized spacial score (nSPS) is 11.9. The molecule has 140 valence electrons. The van der Waals surface area contributed by atoms with Gasteiger partial charge in [0, 0.05) is 17.3 Å². The Morgan fingerprint density at radius 2 is 2.00 bits per heavy atom. The van der Waals surface area contributed by atoms with Gasteiger partial charge >= 0.3 is 0 Å². The van der Waals surface area contributed by atoms with Crippen LogP contribution in [0.15, 0.2) is 64.1 Å². The number of rotatable bonds is 6. The molecule has 0 spiro atoms. The van der Waals surface area contributed by atoms with Gasteiger partial charge in [-0.05, 0) is 49.2 Å². The van der Waals surface area contributed by atoms with Crippen LogP contribution < -0.4 is 5.56 Å². The van der Waals surface area contributed by atoms with E-state index in [1.54, 1.807) is 10.6 Å². The SMILES string of the molecule is CC/C(C)=C\Cn1c(SCc2ccc(Cl)cc2)nc2ccc(F)cc2c1=O. The number of thioether (sulfide) groups is 1. The highest BCUT2D eigenvalue weighted by molar-refractivity contribution is 7.98. The largest absolute Gasteiger partial charge is 0.283 e. The molecule has 6 heteroatoms. The first-order valence-electron chi connectivity index (χ1n) is 8.71. The molecular weight excluding hydrogens is 383 g/mol. The van der Waals surface area contributed by atoms with Crippen LogP contribution in [0.5, 0.6) is 0 Å². The van der Waals surface area contributed by atoms with Gasteiger partial charge in [0.1, 0.15) is 5.82 Å². The Morgan fingerprint density at radius 3 is 2.70 bits per heavy atom. The van der Waals surface area contributed by atoms with Crippen molar-refractivity contribution < 1.29 is 4.39 Å². The van der Waals surface area contributed by atoms with Crippen molar-refractivity contribution in [2.45, 2.75) is 37.7 Å². The number of allylic oxidation sites excluding steroid dienone is 2. The Bertz CT molecular complexity index is 1040. The van der Waals surface area contributed by atoms with Crippen molar-refractivity contribution in [2.24, 2.45) is 0 Å². The summed E-state index contributed by atoms with van der Waals surface area (Å²) in [7, 11) is 0. The molecule has 0 atom stereocenters. The molecule has 3 nitrogen and oxygen atoms in total. The fraction of sp³-hybridized carbons (Fsp3) is 0.238. The van der Waals surface area contributed by atoms with Crippen LogP contribution in [0, 0.1) is 5.82 Å². The summed E-state index contributed by atoms with van der Waals surface area (Å²) >= 11 is 7.42. The van der Waals surface area contributed by atoms with Crippen molar-refractivity contribution in [2.75, 3.05) is 0 Å². The molecule has 3 rings (SSSR count). The van der Waals surface area contributed by atoms with Crippen molar-refractivity contribution in [1.29, 1.82) is 0 Å². The van der Waals surface area contributed by atoms with Crippen LogP contribution in [0.1, 0.15) is 25.8 Å². The van der Waals surface area contributed by atoms with Crippen LogP contribution in [0.2, 0.25) is 5.02 Å². The minimum Gasteiger partial charge on any atom is -0.283 e. The molecule has 0 aliphatic rings. The van der Waals surface area contributed by atoms with Gasteiger partial charge in [-0.1, -0.05) is 54.1 Å². The van der Waals surface area contributed by atoms with Crippen LogP contribution in [0.4, 0.5) is 4.39 Å². The molecule has 0 bridgehead atoms. The van der Waals surface area contributed by atoms with E-state index in [1.165, 1.54) is 29.5 Å². The number of hydrogen-bond acceptors (Lipinski definition) is 3. The molecule has 0 saturated carbocycles. The molecular formula is C21H20ClFN2OS. The first-order chi connectivity index (χ1) is 13.0. The second kappa shape index (κ2) is 8.72. The minimum atomic E-state index is -0.435. The van der Waals surface area contributed by atoms with Crippen LogP contribution in [0.25, 0.3) is 10.9 Å². The highest BCUT2D eigenvalue weighted by Gasteiger charge is 2.12. The number of halogens is 2. The molecule has 0 unspecified atom stereocenters. The Morgan fingerprint density at radius 1 is 1.26 bits per heavy atom. The van der Waals surface area contributed by atoms with Gasteiger partial charge in [0.25, 0.3) is 5.56 Å². The van der Waals surface area contributed by atoms with Gasteiger partial charge < -0.3 is 0 Å². The topological polar surface area (TPSA) is 34.9 Å². The summed E-state index contributed by atoms with van der Waals surface area (Å²) in [5.41, 5.74) is 2.56. The molecule has 1 aromatic heterocycles. The summed E-state index contributed by atoms with van der Waals surface area (Å²) in [5, 5.41) is 1.61. The Balaban J connectivity index is 2.01. The van der Waals surface area contributed by atoms with Gasteiger partial charge in [0.15, 0.2) is 5.16 Å². The average Bonchev–Trinajstić information content (AvgIpc) is 2.67. The molecule has 1 heterocycles. The van der Waals surface area contributed by atoms with Crippen molar-refractivity contribution >= 4 is 34.3 Å². The lowest BCUT2D eigenvalue weighted by Gasteiger charge is -2.12. The molecule has 0 N–H and O–H groups in total. The fourth-order valence-corrected chi connectivity index (χ4v) is 3.65. The van der Waals surface area contributed by atoms with Gasteiger partial charge in [0.05, 0.1) is 10.9 Å². The highest BCUT2D eigenvalue weighted by Crippen LogP contribution is 2.23. The molecule has 0 aliphatic carbocycles. The lowest BCUT2D eigenvalue weighted by atomic mass is 10.2. The molecule has 27 heavy (non-hydrogen) atoms. The number of nitrogens with zero attached hydrogens (tertiary/aromatic N) is 2. The van der Waals surface area contributed by atoms with E-state index in [4.69, 9.17) is 11.6 Å². The minimum absolute atomic E-state index is 0.224. The third kappa shape index (κ3) is 4.79. The Labute approximate surface area is 166 Å². The Kier molecular flexibility index (Phi) is 6.34. The quantitative estimate of drug-likeness (QED) is 0.295. The van der Waals surface area contributed by atoms with E-state index in [-0.39, 0.29) is 5.56 Å². The second-order valence-corrected chi connectivity index (χ2v) is 7.67. The lowest BCUT2D eigenvalue weighted by molar-refractivity contribution is 0.627.